The van der Waals surface area contributed by atoms with Crippen LogP contribution in [0.5, 0.6) is 5.75 Å². The van der Waals surface area contributed by atoms with Gasteiger partial charge in [0.05, 0.1) is 6.61 Å². The van der Waals surface area contributed by atoms with E-state index in [2.05, 4.69) is 35.3 Å². The molecule has 17 heavy (non-hydrogen) atoms. The molecular formula is C14H19NOS. The third kappa shape index (κ3) is 2.78. The Labute approximate surface area is 107 Å². The zero-order chi connectivity index (χ0) is 11.5. The molecule has 0 aliphatic carbocycles. The lowest BCUT2D eigenvalue weighted by Gasteiger charge is -2.22. The summed E-state index contributed by atoms with van der Waals surface area (Å²) in [6.45, 7) is 1.85. The molecule has 0 saturated carbocycles. The first-order valence-electron chi connectivity index (χ1n) is 6.47. The highest BCUT2D eigenvalue weighted by atomic mass is 32.2. The van der Waals surface area contributed by atoms with Gasteiger partial charge in [-0.1, -0.05) is 12.1 Å². The summed E-state index contributed by atoms with van der Waals surface area (Å²) in [5.74, 6) is 3.70. The molecule has 2 heterocycles. The molecule has 1 atom stereocenters. The predicted octanol–water partition coefficient (Wildman–Crippen LogP) is 2.61. The maximum absolute atomic E-state index is 5.52. The van der Waals surface area contributed by atoms with Gasteiger partial charge in [0.1, 0.15) is 5.75 Å². The Hall–Kier alpha value is -0.670. The van der Waals surface area contributed by atoms with Gasteiger partial charge < -0.3 is 10.1 Å². The third-order valence-corrected chi connectivity index (χ3v) is 4.72. The van der Waals surface area contributed by atoms with Gasteiger partial charge in [-0.05, 0) is 35.8 Å². The minimum absolute atomic E-state index is 0.707. The van der Waals surface area contributed by atoms with Crippen LogP contribution in [0.2, 0.25) is 0 Å². The molecule has 3 heteroatoms. The SMILES string of the molecule is c1cc2c(cc1CNC1CCCSC1)CCO2. The van der Waals surface area contributed by atoms with Crippen LogP contribution in [0.25, 0.3) is 0 Å². The van der Waals surface area contributed by atoms with Gasteiger partial charge in [0, 0.05) is 24.8 Å². The minimum atomic E-state index is 0.707. The number of hydrogen-bond acceptors (Lipinski definition) is 3. The summed E-state index contributed by atoms with van der Waals surface area (Å²) in [6.07, 6.45) is 3.77. The van der Waals surface area contributed by atoms with Gasteiger partial charge in [0.25, 0.3) is 0 Å². The van der Waals surface area contributed by atoms with Crippen molar-refractivity contribution in [1.82, 2.24) is 5.32 Å². The number of rotatable bonds is 3. The minimum Gasteiger partial charge on any atom is -0.493 e. The van der Waals surface area contributed by atoms with Crippen molar-refractivity contribution in [3.05, 3.63) is 29.3 Å². The molecule has 1 unspecified atom stereocenters. The van der Waals surface area contributed by atoms with Crippen molar-refractivity contribution in [3.63, 3.8) is 0 Å². The highest BCUT2D eigenvalue weighted by Crippen LogP contribution is 2.26. The molecule has 0 bridgehead atoms. The summed E-state index contributed by atoms with van der Waals surface area (Å²) in [5, 5.41) is 3.67. The van der Waals surface area contributed by atoms with Gasteiger partial charge in [-0.15, -0.1) is 0 Å². The first kappa shape index (κ1) is 11.4. The quantitative estimate of drug-likeness (QED) is 0.889. The largest absolute Gasteiger partial charge is 0.493 e. The second kappa shape index (κ2) is 5.32. The number of fused-ring (bicyclic) bond motifs is 1. The Kier molecular flexibility index (Phi) is 3.57. The molecule has 1 aromatic rings. The van der Waals surface area contributed by atoms with E-state index in [-0.39, 0.29) is 0 Å². The molecule has 2 aliphatic heterocycles. The lowest BCUT2D eigenvalue weighted by molar-refractivity contribution is 0.357. The Morgan fingerprint density at radius 1 is 1.41 bits per heavy atom. The Morgan fingerprint density at radius 3 is 3.29 bits per heavy atom. The Morgan fingerprint density at radius 2 is 2.41 bits per heavy atom. The fourth-order valence-corrected chi connectivity index (χ4v) is 3.62. The molecule has 92 valence electrons. The second-order valence-electron chi connectivity index (χ2n) is 4.84. The van der Waals surface area contributed by atoms with E-state index in [9.17, 15) is 0 Å². The predicted molar refractivity (Wildman–Crippen MR) is 72.8 cm³/mol. The lowest BCUT2D eigenvalue weighted by atomic mass is 10.1. The summed E-state index contributed by atoms with van der Waals surface area (Å²) in [4.78, 5) is 0. The van der Waals surface area contributed by atoms with E-state index in [0.717, 1.165) is 25.3 Å². The van der Waals surface area contributed by atoms with Crippen LogP contribution in [-0.4, -0.2) is 24.2 Å². The third-order valence-electron chi connectivity index (χ3n) is 3.51. The van der Waals surface area contributed by atoms with Crippen LogP contribution in [0.3, 0.4) is 0 Å². The van der Waals surface area contributed by atoms with Crippen molar-refractivity contribution < 1.29 is 4.74 Å². The fraction of sp³-hybridized carbons (Fsp3) is 0.571. The first-order chi connectivity index (χ1) is 8.42. The molecule has 0 aromatic heterocycles. The molecular weight excluding hydrogens is 230 g/mol. The normalized spacial score (nSPS) is 23.2. The van der Waals surface area contributed by atoms with Crippen LogP contribution in [0, 0.1) is 0 Å². The number of hydrogen-bond donors (Lipinski definition) is 1. The average molecular weight is 249 g/mol. The molecule has 0 spiro atoms. The summed E-state index contributed by atoms with van der Waals surface area (Å²) >= 11 is 2.08. The first-order valence-corrected chi connectivity index (χ1v) is 7.63. The van der Waals surface area contributed by atoms with E-state index in [4.69, 9.17) is 4.74 Å². The maximum atomic E-state index is 5.52. The van der Waals surface area contributed by atoms with Crippen LogP contribution in [0.4, 0.5) is 0 Å². The summed E-state index contributed by atoms with van der Waals surface area (Å²) in [5.41, 5.74) is 2.77. The van der Waals surface area contributed by atoms with Crippen molar-refractivity contribution in [2.45, 2.75) is 31.8 Å². The van der Waals surface area contributed by atoms with E-state index < -0.39 is 0 Å². The molecule has 1 N–H and O–H groups in total. The highest BCUT2D eigenvalue weighted by Gasteiger charge is 2.14. The zero-order valence-corrected chi connectivity index (χ0v) is 10.9. The van der Waals surface area contributed by atoms with E-state index in [1.807, 2.05) is 0 Å². The van der Waals surface area contributed by atoms with Gasteiger partial charge in [0.15, 0.2) is 0 Å². The van der Waals surface area contributed by atoms with Gasteiger partial charge in [-0.2, -0.15) is 11.8 Å². The highest BCUT2D eigenvalue weighted by molar-refractivity contribution is 7.99. The van der Waals surface area contributed by atoms with Crippen molar-refractivity contribution in [2.75, 3.05) is 18.1 Å². The van der Waals surface area contributed by atoms with E-state index in [0.29, 0.717) is 6.04 Å². The van der Waals surface area contributed by atoms with E-state index in [1.54, 1.807) is 0 Å². The Bertz CT molecular complexity index is 388. The molecule has 1 fully saturated rings. The zero-order valence-electron chi connectivity index (χ0n) is 10.1. The number of nitrogens with one attached hydrogen (secondary N) is 1. The number of ether oxygens (including phenoxy) is 1. The van der Waals surface area contributed by atoms with Crippen molar-refractivity contribution >= 4 is 11.8 Å². The van der Waals surface area contributed by atoms with Crippen LogP contribution >= 0.6 is 11.8 Å². The van der Waals surface area contributed by atoms with Gasteiger partial charge >= 0.3 is 0 Å². The number of thioether (sulfide) groups is 1. The Balaban J connectivity index is 1.57. The van der Waals surface area contributed by atoms with Gasteiger partial charge in [0.2, 0.25) is 0 Å². The van der Waals surface area contributed by atoms with Crippen molar-refractivity contribution in [1.29, 1.82) is 0 Å². The van der Waals surface area contributed by atoms with Crippen molar-refractivity contribution in [2.24, 2.45) is 0 Å². The molecule has 2 nitrogen and oxygen atoms in total. The molecule has 0 amide bonds. The standard InChI is InChI=1S/C14H19NOS/c1-2-13(10-17-7-1)15-9-11-3-4-14-12(8-11)5-6-16-14/h3-4,8,13,15H,1-2,5-7,9-10H2. The molecule has 1 saturated heterocycles. The van der Waals surface area contributed by atoms with Crippen LogP contribution < -0.4 is 10.1 Å². The molecule has 0 radical (unpaired) electrons. The average Bonchev–Trinajstić information content (AvgIpc) is 2.85. The second-order valence-corrected chi connectivity index (χ2v) is 5.99. The van der Waals surface area contributed by atoms with E-state index in [1.165, 1.54) is 35.5 Å². The maximum Gasteiger partial charge on any atom is 0.122 e. The smallest absolute Gasteiger partial charge is 0.122 e. The summed E-state index contributed by atoms with van der Waals surface area (Å²) in [7, 11) is 0. The van der Waals surface area contributed by atoms with Gasteiger partial charge in [-0.3, -0.25) is 0 Å². The van der Waals surface area contributed by atoms with Crippen LogP contribution in [-0.2, 0) is 13.0 Å². The molecule has 1 aromatic carbocycles. The molecule has 2 aliphatic rings. The molecule has 3 rings (SSSR count). The van der Waals surface area contributed by atoms with E-state index >= 15 is 0 Å². The number of benzene rings is 1. The monoisotopic (exact) mass is 249 g/mol. The lowest BCUT2D eigenvalue weighted by Crippen LogP contribution is -2.33. The topological polar surface area (TPSA) is 21.3 Å². The summed E-state index contributed by atoms with van der Waals surface area (Å²) < 4.78 is 5.52. The summed E-state index contributed by atoms with van der Waals surface area (Å²) in [6, 6.07) is 7.31. The van der Waals surface area contributed by atoms with Crippen LogP contribution in [0.1, 0.15) is 24.0 Å². The van der Waals surface area contributed by atoms with Crippen LogP contribution in [0.15, 0.2) is 18.2 Å². The van der Waals surface area contributed by atoms with Crippen molar-refractivity contribution in [3.8, 4) is 5.75 Å². The van der Waals surface area contributed by atoms with Gasteiger partial charge in [-0.25, -0.2) is 0 Å². The fourth-order valence-electron chi connectivity index (χ4n) is 2.51.